The number of rotatable bonds is 5. The molecule has 5 nitrogen and oxygen atoms in total. The Kier molecular flexibility index (Phi) is 5.44. The number of nitrogens with zero attached hydrogens (tertiary/aromatic N) is 1. The van der Waals surface area contributed by atoms with Crippen LogP contribution in [0.5, 0.6) is 0 Å². The van der Waals surface area contributed by atoms with Crippen LogP contribution in [0.25, 0.3) is 0 Å². The van der Waals surface area contributed by atoms with Crippen LogP contribution in [0.1, 0.15) is 54.2 Å². The van der Waals surface area contributed by atoms with Gasteiger partial charge in [-0.1, -0.05) is 12.1 Å². The molecule has 0 aliphatic rings. The van der Waals surface area contributed by atoms with Crippen LogP contribution in [0, 0.1) is 0 Å². The Morgan fingerprint density at radius 1 is 1.12 bits per heavy atom. The van der Waals surface area contributed by atoms with Crippen LogP contribution in [0.2, 0.25) is 0 Å². The first-order valence-electron chi connectivity index (χ1n) is 7.94. The second-order valence-corrected chi connectivity index (χ2v) is 6.46. The van der Waals surface area contributed by atoms with E-state index in [1.54, 1.807) is 36.1 Å². The van der Waals surface area contributed by atoms with Crippen molar-refractivity contribution in [1.82, 2.24) is 4.90 Å². The highest BCUT2D eigenvalue weighted by Crippen LogP contribution is 2.21. The van der Waals surface area contributed by atoms with Crippen molar-refractivity contribution in [3.63, 3.8) is 0 Å². The third-order valence-electron chi connectivity index (χ3n) is 3.59. The first kappa shape index (κ1) is 17.8. The quantitative estimate of drug-likeness (QED) is 0.781. The molecule has 0 saturated carbocycles. The van der Waals surface area contributed by atoms with Gasteiger partial charge in [-0.25, -0.2) is 4.79 Å². The first-order valence-corrected chi connectivity index (χ1v) is 7.94. The molecule has 0 N–H and O–H groups in total. The van der Waals surface area contributed by atoms with Crippen molar-refractivity contribution in [1.29, 1.82) is 0 Å². The van der Waals surface area contributed by atoms with E-state index in [2.05, 4.69) is 0 Å². The van der Waals surface area contributed by atoms with Gasteiger partial charge in [0.15, 0.2) is 5.76 Å². The van der Waals surface area contributed by atoms with Gasteiger partial charge in [-0.15, -0.1) is 0 Å². The molecule has 2 aromatic rings. The SMILES string of the molecule is CCOC(=O)c1ccc(CN(C(=O)c2ccco2)C(C)(C)C)cc1. The summed E-state index contributed by atoms with van der Waals surface area (Å²) in [6, 6.07) is 10.4. The Morgan fingerprint density at radius 3 is 2.29 bits per heavy atom. The summed E-state index contributed by atoms with van der Waals surface area (Å²) in [5.74, 6) is -0.196. The number of amides is 1. The maximum atomic E-state index is 12.7. The second-order valence-electron chi connectivity index (χ2n) is 6.46. The van der Waals surface area contributed by atoms with Gasteiger partial charge in [0, 0.05) is 12.1 Å². The van der Waals surface area contributed by atoms with Crippen molar-refractivity contribution in [3.05, 3.63) is 59.5 Å². The van der Waals surface area contributed by atoms with E-state index in [-0.39, 0.29) is 17.4 Å². The fourth-order valence-corrected chi connectivity index (χ4v) is 2.29. The molecule has 0 unspecified atom stereocenters. The number of hydrogen-bond donors (Lipinski definition) is 0. The molecule has 5 heteroatoms. The zero-order valence-corrected chi connectivity index (χ0v) is 14.5. The molecule has 2 rings (SSSR count). The molecule has 0 radical (unpaired) electrons. The van der Waals surface area contributed by atoms with Crippen LogP contribution in [0.4, 0.5) is 0 Å². The molecule has 24 heavy (non-hydrogen) atoms. The molecule has 1 amide bonds. The van der Waals surface area contributed by atoms with Crippen molar-refractivity contribution in [3.8, 4) is 0 Å². The van der Waals surface area contributed by atoms with Gasteiger partial charge in [0.25, 0.3) is 5.91 Å². The number of ether oxygens (including phenoxy) is 1. The van der Waals surface area contributed by atoms with Crippen molar-refractivity contribution in [2.24, 2.45) is 0 Å². The van der Waals surface area contributed by atoms with Gasteiger partial charge >= 0.3 is 5.97 Å². The average molecular weight is 329 g/mol. The summed E-state index contributed by atoms with van der Waals surface area (Å²) in [7, 11) is 0. The predicted octanol–water partition coefficient (Wildman–Crippen LogP) is 3.90. The molecule has 0 saturated heterocycles. The van der Waals surface area contributed by atoms with E-state index in [1.165, 1.54) is 6.26 Å². The fourth-order valence-electron chi connectivity index (χ4n) is 2.29. The lowest BCUT2D eigenvalue weighted by Gasteiger charge is -2.35. The van der Waals surface area contributed by atoms with Crippen molar-refractivity contribution < 1.29 is 18.7 Å². The molecule has 1 heterocycles. The number of furan rings is 1. The second kappa shape index (κ2) is 7.34. The number of benzene rings is 1. The van der Waals surface area contributed by atoms with E-state index in [4.69, 9.17) is 9.15 Å². The third kappa shape index (κ3) is 4.25. The average Bonchev–Trinajstić information content (AvgIpc) is 3.06. The largest absolute Gasteiger partial charge is 0.462 e. The van der Waals surface area contributed by atoms with Gasteiger partial charge < -0.3 is 14.1 Å². The summed E-state index contributed by atoms with van der Waals surface area (Å²) in [6.45, 7) is 8.46. The van der Waals surface area contributed by atoms with Gasteiger partial charge in [-0.2, -0.15) is 0 Å². The van der Waals surface area contributed by atoms with E-state index in [0.717, 1.165) is 5.56 Å². The maximum Gasteiger partial charge on any atom is 0.338 e. The molecule has 0 aliphatic carbocycles. The summed E-state index contributed by atoms with van der Waals surface area (Å²) in [5.41, 5.74) is 1.06. The Balaban J connectivity index is 2.18. The van der Waals surface area contributed by atoms with Crippen LogP contribution in [0.3, 0.4) is 0 Å². The molecular weight excluding hydrogens is 306 g/mol. The highest BCUT2D eigenvalue weighted by molar-refractivity contribution is 5.92. The zero-order valence-electron chi connectivity index (χ0n) is 14.5. The monoisotopic (exact) mass is 329 g/mol. The molecule has 1 aromatic heterocycles. The molecule has 0 spiro atoms. The van der Waals surface area contributed by atoms with Crippen molar-refractivity contribution in [2.45, 2.75) is 39.8 Å². The highest BCUT2D eigenvalue weighted by Gasteiger charge is 2.29. The first-order chi connectivity index (χ1) is 11.3. The fraction of sp³-hybridized carbons (Fsp3) is 0.368. The molecular formula is C19H23NO4. The Bertz CT molecular complexity index is 681. The predicted molar refractivity (Wildman–Crippen MR) is 90.7 cm³/mol. The number of carbonyl (C=O) groups is 2. The normalized spacial score (nSPS) is 11.2. The van der Waals surface area contributed by atoms with Crippen LogP contribution >= 0.6 is 0 Å². The Morgan fingerprint density at radius 2 is 1.79 bits per heavy atom. The summed E-state index contributed by atoms with van der Waals surface area (Å²) < 4.78 is 10.2. The van der Waals surface area contributed by atoms with E-state index < -0.39 is 0 Å². The van der Waals surface area contributed by atoms with Gasteiger partial charge in [-0.3, -0.25) is 4.79 Å². The van der Waals surface area contributed by atoms with Crippen LogP contribution < -0.4 is 0 Å². The maximum absolute atomic E-state index is 12.7. The number of carbonyl (C=O) groups excluding carboxylic acids is 2. The topological polar surface area (TPSA) is 59.8 Å². The van der Waals surface area contributed by atoms with Gasteiger partial charge in [-0.05, 0) is 57.5 Å². The summed E-state index contributed by atoms with van der Waals surface area (Å²) in [5, 5.41) is 0. The minimum Gasteiger partial charge on any atom is -0.462 e. The molecule has 0 aliphatic heterocycles. The summed E-state index contributed by atoms with van der Waals surface area (Å²) in [4.78, 5) is 26.1. The van der Waals surface area contributed by atoms with Crippen LogP contribution in [-0.4, -0.2) is 28.9 Å². The summed E-state index contributed by atoms with van der Waals surface area (Å²) >= 11 is 0. The third-order valence-corrected chi connectivity index (χ3v) is 3.59. The lowest BCUT2D eigenvalue weighted by atomic mass is 10.0. The zero-order chi connectivity index (χ0) is 17.7. The lowest BCUT2D eigenvalue weighted by Crippen LogP contribution is -2.44. The van der Waals surface area contributed by atoms with Crippen molar-refractivity contribution in [2.75, 3.05) is 6.61 Å². The molecule has 1 aromatic carbocycles. The minimum atomic E-state index is -0.371. The minimum absolute atomic E-state index is 0.165. The van der Waals surface area contributed by atoms with Gasteiger partial charge in [0.1, 0.15) is 0 Å². The lowest BCUT2D eigenvalue weighted by molar-refractivity contribution is 0.0513. The van der Waals surface area contributed by atoms with E-state index >= 15 is 0 Å². The van der Waals surface area contributed by atoms with E-state index in [0.29, 0.717) is 24.5 Å². The molecule has 128 valence electrons. The standard InChI is InChI=1S/C19H23NO4/c1-5-23-18(22)15-10-8-14(9-11-15)13-20(19(2,3)4)17(21)16-7-6-12-24-16/h6-12H,5,13H2,1-4H3. The van der Waals surface area contributed by atoms with Crippen molar-refractivity contribution >= 4 is 11.9 Å². The highest BCUT2D eigenvalue weighted by atomic mass is 16.5. The molecule has 0 atom stereocenters. The van der Waals surface area contributed by atoms with Gasteiger partial charge in [0.05, 0.1) is 18.4 Å². The van der Waals surface area contributed by atoms with Crippen LogP contribution in [0.15, 0.2) is 47.1 Å². The molecule has 0 fully saturated rings. The molecule has 0 bridgehead atoms. The van der Waals surface area contributed by atoms with E-state index in [9.17, 15) is 9.59 Å². The Hall–Kier alpha value is -2.56. The van der Waals surface area contributed by atoms with Gasteiger partial charge in [0.2, 0.25) is 0 Å². The number of hydrogen-bond acceptors (Lipinski definition) is 4. The summed E-state index contributed by atoms with van der Waals surface area (Å²) in [6.07, 6.45) is 1.49. The van der Waals surface area contributed by atoms with E-state index in [1.807, 2.05) is 32.9 Å². The number of esters is 1. The smallest absolute Gasteiger partial charge is 0.338 e. The Labute approximate surface area is 142 Å². The van der Waals surface area contributed by atoms with Crippen LogP contribution in [-0.2, 0) is 11.3 Å².